The van der Waals surface area contributed by atoms with E-state index in [9.17, 15) is 9.59 Å². The normalized spacial score (nSPS) is 10.4. The summed E-state index contributed by atoms with van der Waals surface area (Å²) in [6.07, 6.45) is 2.41. The van der Waals surface area contributed by atoms with Gasteiger partial charge in [-0.15, -0.1) is 0 Å². The first-order valence-corrected chi connectivity index (χ1v) is 4.99. The Hall–Kier alpha value is -1.35. The van der Waals surface area contributed by atoms with Gasteiger partial charge in [-0.2, -0.15) is 5.01 Å². The highest BCUT2D eigenvalue weighted by Gasteiger charge is 2.21. The Morgan fingerprint density at radius 3 is 2.47 bits per heavy atom. The Kier molecular flexibility index (Phi) is 5.64. The number of carbonyl (C=O) groups is 1. The molecular weight excluding hydrogens is 196 g/mol. The molecule has 0 aromatic carbocycles. The van der Waals surface area contributed by atoms with E-state index in [2.05, 4.69) is 5.10 Å². The van der Waals surface area contributed by atoms with Gasteiger partial charge in [0.1, 0.15) is 5.60 Å². The van der Waals surface area contributed by atoms with Gasteiger partial charge in [0, 0.05) is 6.54 Å². The van der Waals surface area contributed by atoms with E-state index in [1.54, 1.807) is 20.8 Å². The van der Waals surface area contributed by atoms with Crippen LogP contribution >= 0.6 is 0 Å². The molecule has 1 amide bonds. The number of isocyanates is 1. The van der Waals surface area contributed by atoms with Crippen molar-refractivity contribution in [2.24, 2.45) is 5.10 Å². The number of hydrazone groups is 1. The second kappa shape index (κ2) is 6.19. The summed E-state index contributed by atoms with van der Waals surface area (Å²) >= 11 is 0. The maximum Gasteiger partial charge on any atom is 0.431 e. The molecule has 0 atom stereocenters. The molecule has 0 saturated carbocycles. The minimum Gasteiger partial charge on any atom is -0.442 e. The molecule has 0 fully saturated rings. The molecule has 0 aliphatic rings. The van der Waals surface area contributed by atoms with Crippen LogP contribution < -0.4 is 0 Å². The third-order valence-electron chi connectivity index (χ3n) is 1.49. The van der Waals surface area contributed by atoms with Crippen molar-refractivity contribution in [2.45, 2.75) is 46.1 Å². The predicted octanol–water partition coefficient (Wildman–Crippen LogP) is 2.27. The molecule has 5 nitrogen and oxygen atoms in total. The summed E-state index contributed by atoms with van der Waals surface area (Å²) < 4.78 is 5.06. The lowest BCUT2D eigenvalue weighted by atomic mass is 10.2. The molecule has 0 heterocycles. The van der Waals surface area contributed by atoms with Crippen LogP contribution in [0, 0.1) is 0 Å². The van der Waals surface area contributed by atoms with Crippen LogP contribution in [-0.2, 0) is 9.53 Å². The maximum absolute atomic E-state index is 11.5. The Balaban J connectivity index is 4.35. The first-order valence-electron chi connectivity index (χ1n) is 4.99. The van der Waals surface area contributed by atoms with Crippen LogP contribution in [0.2, 0.25) is 0 Å². The van der Waals surface area contributed by atoms with Gasteiger partial charge in [0.05, 0.1) is 0 Å². The second-order valence-electron chi connectivity index (χ2n) is 4.15. The van der Waals surface area contributed by atoms with E-state index < -0.39 is 11.7 Å². The summed E-state index contributed by atoms with van der Waals surface area (Å²) in [7, 11) is 0. The number of nitrogens with zero attached hydrogens (tertiary/aromatic N) is 2. The smallest absolute Gasteiger partial charge is 0.431 e. The van der Waals surface area contributed by atoms with Gasteiger partial charge in [-0.25, -0.2) is 9.59 Å². The summed E-state index contributed by atoms with van der Waals surface area (Å²) in [5.41, 5.74) is -0.583. The molecule has 0 aliphatic heterocycles. The zero-order chi connectivity index (χ0) is 11.9. The van der Waals surface area contributed by atoms with Gasteiger partial charge in [-0.1, -0.05) is 18.4 Å². The molecule has 86 valence electrons. The van der Waals surface area contributed by atoms with Gasteiger partial charge < -0.3 is 4.74 Å². The summed E-state index contributed by atoms with van der Waals surface area (Å²) in [5, 5.41) is 4.30. The third-order valence-corrected chi connectivity index (χ3v) is 1.49. The van der Waals surface area contributed by atoms with E-state index in [1.165, 1.54) is 6.08 Å². The summed E-state index contributed by atoms with van der Waals surface area (Å²) in [6.45, 7) is 7.63. The molecule has 0 aliphatic carbocycles. The molecule has 0 radical (unpaired) electrons. The minimum atomic E-state index is -0.612. The SMILES string of the molecule is CCCCN(N=C=O)C(=O)OC(C)(C)C. The van der Waals surface area contributed by atoms with E-state index in [4.69, 9.17) is 4.74 Å². The monoisotopic (exact) mass is 214 g/mol. The molecule has 0 aromatic rings. The van der Waals surface area contributed by atoms with Crippen LogP contribution in [0.1, 0.15) is 40.5 Å². The van der Waals surface area contributed by atoms with E-state index in [0.717, 1.165) is 17.9 Å². The Morgan fingerprint density at radius 1 is 1.47 bits per heavy atom. The Morgan fingerprint density at radius 2 is 2.07 bits per heavy atom. The standard InChI is InChI=1S/C10H18N2O3/c1-5-6-7-12(11-8-13)9(14)15-10(2,3)4/h5-7H2,1-4H3. The predicted molar refractivity (Wildman–Crippen MR) is 56.0 cm³/mol. The van der Waals surface area contributed by atoms with Crippen molar-refractivity contribution in [1.29, 1.82) is 0 Å². The first-order chi connectivity index (χ1) is 6.90. The molecule has 0 rings (SSSR count). The summed E-state index contributed by atoms with van der Waals surface area (Å²) in [6, 6.07) is 0. The average molecular weight is 214 g/mol. The highest BCUT2D eigenvalue weighted by molar-refractivity contribution is 5.68. The zero-order valence-electron chi connectivity index (χ0n) is 9.74. The number of carbonyl (C=O) groups excluding carboxylic acids is 2. The van der Waals surface area contributed by atoms with Crippen LogP contribution in [0.5, 0.6) is 0 Å². The number of ether oxygens (including phenoxy) is 1. The summed E-state index contributed by atoms with van der Waals surface area (Å²) in [4.78, 5) is 21.6. The van der Waals surface area contributed by atoms with Crippen LogP contribution in [-0.4, -0.2) is 29.3 Å². The van der Waals surface area contributed by atoms with Crippen LogP contribution in [0.3, 0.4) is 0 Å². The van der Waals surface area contributed by atoms with Crippen molar-refractivity contribution in [3.63, 3.8) is 0 Å². The molecule has 0 saturated heterocycles. The fraction of sp³-hybridized carbons (Fsp3) is 0.800. The van der Waals surface area contributed by atoms with Crippen LogP contribution in [0.4, 0.5) is 4.79 Å². The molecule has 0 spiro atoms. The number of amides is 1. The molecule has 5 heteroatoms. The van der Waals surface area contributed by atoms with E-state index >= 15 is 0 Å². The summed E-state index contributed by atoms with van der Waals surface area (Å²) in [5.74, 6) is 0. The van der Waals surface area contributed by atoms with Gasteiger partial charge in [0.2, 0.25) is 0 Å². The van der Waals surface area contributed by atoms with E-state index in [1.807, 2.05) is 6.92 Å². The molecule has 0 N–H and O–H groups in total. The molecule has 0 unspecified atom stereocenters. The van der Waals surface area contributed by atoms with Crippen LogP contribution in [0.25, 0.3) is 0 Å². The molecule has 0 bridgehead atoms. The Bertz CT molecular complexity index is 252. The third kappa shape index (κ3) is 6.69. The van der Waals surface area contributed by atoms with Crippen molar-refractivity contribution in [2.75, 3.05) is 6.54 Å². The van der Waals surface area contributed by atoms with Crippen molar-refractivity contribution in [3.8, 4) is 0 Å². The lowest BCUT2D eigenvalue weighted by Gasteiger charge is -2.23. The fourth-order valence-corrected chi connectivity index (χ4v) is 0.854. The quantitative estimate of drug-likeness (QED) is 0.410. The molecule has 15 heavy (non-hydrogen) atoms. The van der Waals surface area contributed by atoms with Crippen molar-refractivity contribution in [3.05, 3.63) is 0 Å². The molecule has 0 aromatic heterocycles. The number of hydrogen-bond acceptors (Lipinski definition) is 4. The second-order valence-corrected chi connectivity index (χ2v) is 4.15. The highest BCUT2D eigenvalue weighted by Crippen LogP contribution is 2.10. The lowest BCUT2D eigenvalue weighted by Crippen LogP contribution is -2.34. The van der Waals surface area contributed by atoms with Gasteiger partial charge in [0.25, 0.3) is 6.08 Å². The van der Waals surface area contributed by atoms with E-state index in [-0.39, 0.29) is 0 Å². The zero-order valence-corrected chi connectivity index (χ0v) is 9.74. The Labute approximate surface area is 90.1 Å². The van der Waals surface area contributed by atoms with Gasteiger partial charge in [-0.05, 0) is 27.2 Å². The minimum absolute atomic E-state index is 0.376. The van der Waals surface area contributed by atoms with E-state index in [0.29, 0.717) is 6.54 Å². The van der Waals surface area contributed by atoms with Gasteiger partial charge >= 0.3 is 6.09 Å². The maximum atomic E-state index is 11.5. The van der Waals surface area contributed by atoms with Gasteiger partial charge in [0.15, 0.2) is 0 Å². The first kappa shape index (κ1) is 13.7. The van der Waals surface area contributed by atoms with Crippen LogP contribution in [0.15, 0.2) is 5.10 Å². The van der Waals surface area contributed by atoms with Crippen molar-refractivity contribution in [1.82, 2.24) is 5.01 Å². The molecular formula is C10H18N2O3. The lowest BCUT2D eigenvalue weighted by molar-refractivity contribution is 0.0252. The van der Waals surface area contributed by atoms with Crippen molar-refractivity contribution < 1.29 is 14.3 Å². The number of unbranched alkanes of at least 4 members (excludes halogenated alkanes) is 1. The van der Waals surface area contributed by atoms with Crippen molar-refractivity contribution >= 4 is 12.2 Å². The number of rotatable bonds is 4. The largest absolute Gasteiger partial charge is 0.442 e. The topological polar surface area (TPSA) is 59.0 Å². The fourth-order valence-electron chi connectivity index (χ4n) is 0.854. The van der Waals surface area contributed by atoms with Gasteiger partial charge in [-0.3, -0.25) is 0 Å². The average Bonchev–Trinajstić information content (AvgIpc) is 2.09. The highest BCUT2D eigenvalue weighted by atomic mass is 16.6. The number of hydrogen-bond donors (Lipinski definition) is 0.